The van der Waals surface area contributed by atoms with Crippen LogP contribution < -0.4 is 0 Å². The lowest BCUT2D eigenvalue weighted by Crippen LogP contribution is -2.45. The molecule has 0 aliphatic carbocycles. The van der Waals surface area contributed by atoms with Gasteiger partial charge in [-0.05, 0) is 6.42 Å². The fraction of sp³-hybridized carbons (Fsp3) is 0.727. The highest BCUT2D eigenvalue weighted by atomic mass is 32.2. The van der Waals surface area contributed by atoms with E-state index in [0.717, 1.165) is 17.1 Å². The summed E-state index contributed by atoms with van der Waals surface area (Å²) in [7, 11) is 1.63. The average molecular weight is 228 g/mol. The number of carbonyl (C=O) groups is 1. The van der Waals surface area contributed by atoms with E-state index in [1.807, 2.05) is 6.08 Å². The molecule has 0 radical (unpaired) electrons. The van der Waals surface area contributed by atoms with Crippen molar-refractivity contribution in [1.82, 2.24) is 0 Å². The Morgan fingerprint density at radius 2 is 2.27 bits per heavy atom. The molecular formula is C11H16O3S. The van der Waals surface area contributed by atoms with E-state index in [-0.39, 0.29) is 5.78 Å². The smallest absolute Gasteiger partial charge is 0.200 e. The van der Waals surface area contributed by atoms with Gasteiger partial charge in [0.25, 0.3) is 0 Å². The molecule has 2 rings (SSSR count). The van der Waals surface area contributed by atoms with Gasteiger partial charge in [-0.1, -0.05) is 6.08 Å². The maximum Gasteiger partial charge on any atom is 0.200 e. The molecule has 0 amide bonds. The van der Waals surface area contributed by atoms with E-state index in [9.17, 15) is 4.79 Å². The Morgan fingerprint density at radius 1 is 1.53 bits per heavy atom. The number of thioether (sulfide) groups is 1. The molecule has 3 nitrogen and oxygen atoms in total. The summed E-state index contributed by atoms with van der Waals surface area (Å²) in [5.41, 5.74) is -0.610. The first-order valence-electron chi connectivity index (χ1n) is 5.29. The van der Waals surface area contributed by atoms with Crippen LogP contribution in [0.2, 0.25) is 0 Å². The number of hydrogen-bond donors (Lipinski definition) is 0. The Morgan fingerprint density at radius 3 is 2.80 bits per heavy atom. The second kappa shape index (κ2) is 4.68. The second-order valence-corrected chi connectivity index (χ2v) is 4.98. The van der Waals surface area contributed by atoms with Crippen LogP contribution in [0.15, 0.2) is 11.0 Å². The SMILES string of the molecule is COC1(C(=O)C2=CCCS2)CCOCC1. The molecule has 2 heterocycles. The third kappa shape index (κ3) is 2.12. The van der Waals surface area contributed by atoms with Crippen molar-refractivity contribution in [2.75, 3.05) is 26.1 Å². The largest absolute Gasteiger partial charge is 0.381 e. The predicted molar refractivity (Wildman–Crippen MR) is 60.0 cm³/mol. The Hall–Kier alpha value is -0.320. The zero-order chi connectivity index (χ0) is 10.7. The summed E-state index contributed by atoms with van der Waals surface area (Å²) in [6, 6.07) is 0. The van der Waals surface area contributed by atoms with Gasteiger partial charge in [0.15, 0.2) is 0 Å². The molecule has 2 aliphatic rings. The first-order chi connectivity index (χ1) is 7.28. The van der Waals surface area contributed by atoms with E-state index in [4.69, 9.17) is 9.47 Å². The molecule has 84 valence electrons. The van der Waals surface area contributed by atoms with Gasteiger partial charge in [0.2, 0.25) is 5.78 Å². The highest BCUT2D eigenvalue weighted by molar-refractivity contribution is 8.04. The van der Waals surface area contributed by atoms with Crippen molar-refractivity contribution in [3.8, 4) is 0 Å². The monoisotopic (exact) mass is 228 g/mol. The van der Waals surface area contributed by atoms with E-state index in [1.165, 1.54) is 0 Å². The van der Waals surface area contributed by atoms with Crippen LogP contribution >= 0.6 is 11.8 Å². The van der Waals surface area contributed by atoms with Crippen LogP contribution in [0.3, 0.4) is 0 Å². The lowest BCUT2D eigenvalue weighted by atomic mass is 9.89. The molecular weight excluding hydrogens is 212 g/mol. The second-order valence-electron chi connectivity index (χ2n) is 3.85. The summed E-state index contributed by atoms with van der Waals surface area (Å²) < 4.78 is 10.8. The highest BCUT2D eigenvalue weighted by Gasteiger charge is 2.42. The molecule has 0 aromatic heterocycles. The summed E-state index contributed by atoms with van der Waals surface area (Å²) in [6.45, 7) is 1.25. The van der Waals surface area contributed by atoms with E-state index >= 15 is 0 Å². The third-order valence-corrected chi connectivity index (χ3v) is 4.14. The Balaban J connectivity index is 2.13. The standard InChI is InChI=1S/C11H16O3S/c1-13-11(4-6-14-7-5-11)10(12)9-3-2-8-15-9/h3H,2,4-8H2,1H3. The van der Waals surface area contributed by atoms with E-state index in [0.29, 0.717) is 26.1 Å². The maximum atomic E-state index is 12.3. The number of hydrogen-bond acceptors (Lipinski definition) is 4. The van der Waals surface area contributed by atoms with Gasteiger partial charge in [-0.15, -0.1) is 11.8 Å². The van der Waals surface area contributed by atoms with Crippen LogP contribution in [0.25, 0.3) is 0 Å². The number of Topliss-reactive ketones (excluding diaryl/α,β-unsaturated/α-hetero) is 1. The minimum Gasteiger partial charge on any atom is -0.381 e. The zero-order valence-corrected chi connectivity index (χ0v) is 9.77. The van der Waals surface area contributed by atoms with Crippen molar-refractivity contribution in [3.63, 3.8) is 0 Å². The lowest BCUT2D eigenvalue weighted by molar-refractivity contribution is -0.147. The summed E-state index contributed by atoms with van der Waals surface area (Å²) in [6.07, 6.45) is 4.39. The molecule has 1 fully saturated rings. The number of carbonyl (C=O) groups excluding carboxylic acids is 1. The van der Waals surface area contributed by atoms with Crippen LogP contribution in [0.5, 0.6) is 0 Å². The van der Waals surface area contributed by atoms with Crippen molar-refractivity contribution < 1.29 is 14.3 Å². The Labute approximate surface area is 94.2 Å². The van der Waals surface area contributed by atoms with Crippen LogP contribution in [0, 0.1) is 0 Å². The minimum atomic E-state index is -0.610. The van der Waals surface area contributed by atoms with Gasteiger partial charge in [0.1, 0.15) is 5.60 Å². The van der Waals surface area contributed by atoms with Gasteiger partial charge < -0.3 is 9.47 Å². The molecule has 15 heavy (non-hydrogen) atoms. The van der Waals surface area contributed by atoms with Crippen molar-refractivity contribution >= 4 is 17.5 Å². The molecule has 0 N–H and O–H groups in total. The third-order valence-electron chi connectivity index (χ3n) is 3.03. The van der Waals surface area contributed by atoms with E-state index < -0.39 is 5.60 Å². The van der Waals surface area contributed by atoms with Gasteiger partial charge in [0.05, 0.1) is 0 Å². The quantitative estimate of drug-likeness (QED) is 0.737. The van der Waals surface area contributed by atoms with Crippen LogP contribution in [-0.4, -0.2) is 37.5 Å². The van der Waals surface area contributed by atoms with Crippen molar-refractivity contribution in [2.45, 2.75) is 24.9 Å². The minimum absolute atomic E-state index is 0.163. The molecule has 2 aliphatic heterocycles. The lowest BCUT2D eigenvalue weighted by Gasteiger charge is -2.34. The summed E-state index contributed by atoms with van der Waals surface area (Å²) >= 11 is 1.65. The maximum absolute atomic E-state index is 12.3. The fourth-order valence-electron chi connectivity index (χ4n) is 2.03. The van der Waals surface area contributed by atoms with Crippen molar-refractivity contribution in [1.29, 1.82) is 0 Å². The molecule has 0 aromatic carbocycles. The normalized spacial score (nSPS) is 25.0. The molecule has 0 spiro atoms. The molecule has 4 heteroatoms. The van der Waals surface area contributed by atoms with E-state index in [2.05, 4.69) is 0 Å². The topological polar surface area (TPSA) is 35.5 Å². The van der Waals surface area contributed by atoms with Gasteiger partial charge in [-0.25, -0.2) is 0 Å². The van der Waals surface area contributed by atoms with Gasteiger partial charge in [-0.3, -0.25) is 4.79 Å². The first-order valence-corrected chi connectivity index (χ1v) is 6.28. The average Bonchev–Trinajstić information content (AvgIpc) is 2.82. The number of rotatable bonds is 3. The summed E-state index contributed by atoms with van der Waals surface area (Å²) in [5, 5.41) is 0. The van der Waals surface area contributed by atoms with Crippen LogP contribution in [0.1, 0.15) is 19.3 Å². The van der Waals surface area contributed by atoms with Gasteiger partial charge >= 0.3 is 0 Å². The fourth-order valence-corrected chi connectivity index (χ4v) is 3.03. The number of ketones is 1. The molecule has 0 bridgehead atoms. The molecule has 1 saturated heterocycles. The molecule has 0 unspecified atom stereocenters. The van der Waals surface area contributed by atoms with Crippen molar-refractivity contribution in [3.05, 3.63) is 11.0 Å². The predicted octanol–water partition coefficient (Wildman–Crippen LogP) is 1.77. The summed E-state index contributed by atoms with van der Waals surface area (Å²) in [5.74, 6) is 1.19. The molecule has 0 atom stereocenters. The first kappa shape index (κ1) is 11.2. The Kier molecular flexibility index (Phi) is 3.49. The molecule has 0 saturated carbocycles. The van der Waals surface area contributed by atoms with Gasteiger partial charge in [-0.2, -0.15) is 0 Å². The van der Waals surface area contributed by atoms with Crippen molar-refractivity contribution in [2.24, 2.45) is 0 Å². The van der Waals surface area contributed by atoms with Gasteiger partial charge in [0, 0.05) is 43.8 Å². The van der Waals surface area contributed by atoms with Crippen LogP contribution in [0.4, 0.5) is 0 Å². The Bertz CT molecular complexity index is 280. The van der Waals surface area contributed by atoms with E-state index in [1.54, 1.807) is 18.9 Å². The number of methoxy groups -OCH3 is 1. The number of ether oxygens (including phenoxy) is 2. The number of allylic oxidation sites excluding steroid dienone is 1. The zero-order valence-electron chi connectivity index (χ0n) is 8.95. The highest BCUT2D eigenvalue weighted by Crippen LogP contribution is 2.35. The summed E-state index contributed by atoms with van der Waals surface area (Å²) in [4.78, 5) is 13.2. The van der Waals surface area contributed by atoms with Crippen LogP contribution in [-0.2, 0) is 14.3 Å². The molecule has 0 aromatic rings.